The van der Waals surface area contributed by atoms with Gasteiger partial charge < -0.3 is 25.4 Å². The predicted octanol–water partition coefficient (Wildman–Crippen LogP) is -0.278. The lowest BCUT2D eigenvalue weighted by Gasteiger charge is -2.30. The zero-order valence-corrected chi connectivity index (χ0v) is 13.1. The molecule has 6 nitrogen and oxygen atoms in total. The van der Waals surface area contributed by atoms with E-state index in [0.717, 1.165) is 0 Å². The average molecular weight is 320 g/mol. The predicted molar refractivity (Wildman–Crippen MR) is 87.2 cm³/mol. The van der Waals surface area contributed by atoms with Gasteiger partial charge in [0.25, 0.3) is 0 Å². The molecule has 22 heavy (non-hydrogen) atoms. The fourth-order valence-corrected chi connectivity index (χ4v) is 2.59. The fourth-order valence-electron chi connectivity index (χ4n) is 2.32. The van der Waals surface area contributed by atoms with Gasteiger partial charge in [0.15, 0.2) is 5.11 Å². The van der Waals surface area contributed by atoms with Gasteiger partial charge in [-0.25, -0.2) is 4.79 Å². The number of hydrogen-bond donors (Lipinski definition) is 4. The number of carbonyl (C=O) groups is 1. The van der Waals surface area contributed by atoms with Gasteiger partial charge in [-0.1, -0.05) is 24.3 Å². The Kier molecular flexibility index (Phi) is 5.17. The molecule has 2 rings (SSSR count). The molecule has 1 aliphatic heterocycles. The number of ether oxygens (including phenoxy) is 1. The molecular formula is C14H17BN2O4S. The number of benzene rings is 1. The summed E-state index contributed by atoms with van der Waals surface area (Å²) in [5.74, 6) is -0.442. The van der Waals surface area contributed by atoms with Gasteiger partial charge >= 0.3 is 13.1 Å². The van der Waals surface area contributed by atoms with Crippen molar-refractivity contribution in [1.29, 1.82) is 0 Å². The summed E-state index contributed by atoms with van der Waals surface area (Å²) in [5.41, 5.74) is 2.06. The second kappa shape index (κ2) is 6.91. The molecule has 1 heterocycles. The quantitative estimate of drug-likeness (QED) is 0.345. The van der Waals surface area contributed by atoms with Crippen molar-refractivity contribution in [1.82, 2.24) is 10.6 Å². The van der Waals surface area contributed by atoms with E-state index < -0.39 is 19.1 Å². The minimum Gasteiger partial charge on any atom is -0.463 e. The molecule has 0 spiro atoms. The van der Waals surface area contributed by atoms with Crippen molar-refractivity contribution in [3.8, 4) is 0 Å². The summed E-state index contributed by atoms with van der Waals surface area (Å²) in [4.78, 5) is 12.2. The minimum atomic E-state index is -1.58. The Morgan fingerprint density at radius 2 is 2.18 bits per heavy atom. The highest BCUT2D eigenvalue weighted by molar-refractivity contribution is 7.80. The Morgan fingerprint density at radius 1 is 1.45 bits per heavy atom. The topological polar surface area (TPSA) is 90.8 Å². The number of carbonyl (C=O) groups excluding carboxylic acids is 1. The van der Waals surface area contributed by atoms with Crippen LogP contribution in [0.3, 0.4) is 0 Å². The highest BCUT2D eigenvalue weighted by Crippen LogP contribution is 2.27. The molecule has 0 saturated carbocycles. The van der Waals surface area contributed by atoms with E-state index in [9.17, 15) is 14.8 Å². The van der Waals surface area contributed by atoms with E-state index in [2.05, 4.69) is 10.6 Å². The van der Waals surface area contributed by atoms with Crippen molar-refractivity contribution in [2.24, 2.45) is 0 Å². The zero-order valence-electron chi connectivity index (χ0n) is 12.3. The van der Waals surface area contributed by atoms with E-state index >= 15 is 0 Å². The SMILES string of the molecule is CCOC(=O)C1=C(C)NC(=S)NC1c1cccc(B(O)O)c1. The molecule has 8 heteroatoms. The van der Waals surface area contributed by atoms with Gasteiger partial charge in [0.1, 0.15) is 0 Å². The number of hydrogen-bond acceptors (Lipinski definition) is 5. The third kappa shape index (κ3) is 3.46. The van der Waals surface area contributed by atoms with Crippen LogP contribution in [0.4, 0.5) is 0 Å². The second-order valence-electron chi connectivity index (χ2n) is 4.83. The molecule has 0 fully saturated rings. The van der Waals surface area contributed by atoms with Crippen molar-refractivity contribution in [2.45, 2.75) is 19.9 Å². The summed E-state index contributed by atoms with van der Waals surface area (Å²) in [7, 11) is -1.58. The van der Waals surface area contributed by atoms with Crippen LogP contribution < -0.4 is 16.1 Å². The number of allylic oxidation sites excluding steroid dienone is 1. The van der Waals surface area contributed by atoms with Crippen molar-refractivity contribution in [3.05, 3.63) is 41.1 Å². The smallest absolute Gasteiger partial charge is 0.463 e. The van der Waals surface area contributed by atoms with E-state index in [1.807, 2.05) is 0 Å². The lowest BCUT2D eigenvalue weighted by molar-refractivity contribution is -0.139. The lowest BCUT2D eigenvalue weighted by Crippen LogP contribution is -2.45. The average Bonchev–Trinajstić information content (AvgIpc) is 2.46. The maximum atomic E-state index is 12.2. The zero-order chi connectivity index (χ0) is 16.3. The Labute approximate surface area is 134 Å². The molecule has 116 valence electrons. The Morgan fingerprint density at radius 3 is 2.82 bits per heavy atom. The van der Waals surface area contributed by atoms with Gasteiger partial charge in [-0.3, -0.25) is 0 Å². The van der Waals surface area contributed by atoms with E-state index in [-0.39, 0.29) is 6.61 Å². The molecule has 1 aromatic carbocycles. The van der Waals surface area contributed by atoms with Crippen LogP contribution in [-0.2, 0) is 9.53 Å². The van der Waals surface area contributed by atoms with Crippen LogP contribution in [0, 0.1) is 0 Å². The van der Waals surface area contributed by atoms with Crippen LogP contribution in [0.2, 0.25) is 0 Å². The van der Waals surface area contributed by atoms with E-state index in [0.29, 0.717) is 27.4 Å². The highest BCUT2D eigenvalue weighted by Gasteiger charge is 2.31. The molecule has 0 saturated heterocycles. The van der Waals surface area contributed by atoms with E-state index in [1.54, 1.807) is 38.1 Å². The largest absolute Gasteiger partial charge is 0.488 e. The summed E-state index contributed by atoms with van der Waals surface area (Å²) < 4.78 is 5.10. The third-order valence-electron chi connectivity index (χ3n) is 3.31. The Hall–Kier alpha value is -1.90. The van der Waals surface area contributed by atoms with Gasteiger partial charge in [0, 0.05) is 5.70 Å². The molecule has 0 bridgehead atoms. The van der Waals surface area contributed by atoms with Crippen LogP contribution in [0.15, 0.2) is 35.5 Å². The first-order valence-corrected chi connectivity index (χ1v) is 7.26. The summed E-state index contributed by atoms with van der Waals surface area (Å²) in [6.45, 7) is 3.75. The molecular weight excluding hydrogens is 303 g/mol. The van der Waals surface area contributed by atoms with Crippen molar-refractivity contribution < 1.29 is 19.6 Å². The van der Waals surface area contributed by atoms with Gasteiger partial charge in [-0.15, -0.1) is 0 Å². The maximum Gasteiger partial charge on any atom is 0.488 e. The first kappa shape index (κ1) is 16.5. The van der Waals surface area contributed by atoms with Gasteiger partial charge in [-0.05, 0) is 37.1 Å². The summed E-state index contributed by atoms with van der Waals surface area (Å²) in [6.07, 6.45) is 0. The molecule has 1 unspecified atom stereocenters. The van der Waals surface area contributed by atoms with Gasteiger partial charge in [-0.2, -0.15) is 0 Å². The monoisotopic (exact) mass is 320 g/mol. The molecule has 0 radical (unpaired) electrons. The van der Waals surface area contributed by atoms with E-state index in [4.69, 9.17) is 17.0 Å². The molecule has 1 aliphatic rings. The molecule has 0 amide bonds. The molecule has 4 N–H and O–H groups in total. The van der Waals surface area contributed by atoms with Gasteiger partial charge in [0.05, 0.1) is 18.2 Å². The Balaban J connectivity index is 2.45. The van der Waals surface area contributed by atoms with Crippen LogP contribution in [0.25, 0.3) is 0 Å². The number of rotatable bonds is 4. The minimum absolute atomic E-state index is 0.266. The standard InChI is InChI=1S/C14H17BN2O4S/c1-3-21-13(18)11-8(2)16-14(22)17-12(11)9-5-4-6-10(7-9)15(19)20/h4-7,12,19-20H,3H2,1-2H3,(H2,16,17,22). The Bertz CT molecular complexity index is 633. The number of nitrogens with one attached hydrogen (secondary N) is 2. The summed E-state index contributed by atoms with van der Waals surface area (Å²) in [5, 5.41) is 24.9. The van der Waals surface area contributed by atoms with E-state index in [1.165, 1.54) is 0 Å². The molecule has 1 aromatic rings. The molecule has 1 atom stereocenters. The summed E-state index contributed by atoms with van der Waals surface area (Å²) in [6, 6.07) is 6.17. The first-order valence-electron chi connectivity index (χ1n) is 6.85. The van der Waals surface area contributed by atoms with Crippen LogP contribution in [0.1, 0.15) is 25.5 Å². The lowest BCUT2D eigenvalue weighted by atomic mass is 9.78. The first-order chi connectivity index (χ1) is 10.4. The highest BCUT2D eigenvalue weighted by atomic mass is 32.1. The molecule has 0 aliphatic carbocycles. The number of esters is 1. The molecule has 0 aromatic heterocycles. The van der Waals surface area contributed by atoms with Crippen LogP contribution in [0.5, 0.6) is 0 Å². The van der Waals surface area contributed by atoms with Crippen LogP contribution in [-0.4, -0.2) is 34.9 Å². The van der Waals surface area contributed by atoms with Crippen molar-refractivity contribution >= 4 is 35.9 Å². The summed E-state index contributed by atoms with van der Waals surface area (Å²) >= 11 is 5.14. The number of thiocarbonyl (C=S) groups is 1. The van der Waals surface area contributed by atoms with Crippen molar-refractivity contribution in [2.75, 3.05) is 6.61 Å². The maximum absolute atomic E-state index is 12.2. The van der Waals surface area contributed by atoms with Gasteiger partial charge in [0.2, 0.25) is 0 Å². The van der Waals surface area contributed by atoms with Crippen molar-refractivity contribution in [3.63, 3.8) is 0 Å². The van der Waals surface area contributed by atoms with Crippen LogP contribution >= 0.6 is 12.2 Å². The second-order valence-corrected chi connectivity index (χ2v) is 5.24. The fraction of sp³-hybridized carbons (Fsp3) is 0.286. The third-order valence-corrected chi connectivity index (χ3v) is 3.53. The normalized spacial score (nSPS) is 17.6.